The first-order chi connectivity index (χ1) is 8.06. The van der Waals surface area contributed by atoms with E-state index in [9.17, 15) is 15.3 Å². The van der Waals surface area contributed by atoms with Crippen molar-refractivity contribution in [3.05, 3.63) is 0 Å². The van der Waals surface area contributed by atoms with Crippen LogP contribution < -0.4 is 0 Å². The Hall–Kier alpha value is -0.120. The number of hydrogen-bond acceptors (Lipinski definition) is 3. The summed E-state index contributed by atoms with van der Waals surface area (Å²) in [5.41, 5.74) is -1.59. The van der Waals surface area contributed by atoms with Crippen molar-refractivity contribution >= 4 is 0 Å². The monoisotopic (exact) mass is 256 g/mol. The van der Waals surface area contributed by atoms with Gasteiger partial charge in [-0.1, -0.05) is 6.92 Å². The van der Waals surface area contributed by atoms with Crippen LogP contribution in [0.4, 0.5) is 0 Å². The average molecular weight is 256 g/mol. The number of fused-ring (bicyclic) bond motifs is 1. The van der Waals surface area contributed by atoms with Gasteiger partial charge in [-0.05, 0) is 70.1 Å². The van der Waals surface area contributed by atoms with Gasteiger partial charge in [0, 0.05) is 0 Å². The summed E-state index contributed by atoms with van der Waals surface area (Å²) in [4.78, 5) is 0. The SMILES string of the molecule is CC(C)(O)CC1CCC2(C)C(O)CCC(C)(O)C12. The Morgan fingerprint density at radius 2 is 1.78 bits per heavy atom. The van der Waals surface area contributed by atoms with Crippen LogP contribution in [-0.4, -0.2) is 32.6 Å². The summed E-state index contributed by atoms with van der Waals surface area (Å²) in [7, 11) is 0. The van der Waals surface area contributed by atoms with Crippen molar-refractivity contribution in [1.82, 2.24) is 0 Å². The van der Waals surface area contributed by atoms with E-state index in [1.54, 1.807) is 0 Å². The molecule has 0 amide bonds. The molecule has 5 atom stereocenters. The van der Waals surface area contributed by atoms with Crippen LogP contribution in [0.2, 0.25) is 0 Å². The second-order valence-corrected chi connectivity index (χ2v) is 7.71. The van der Waals surface area contributed by atoms with E-state index in [2.05, 4.69) is 6.92 Å². The van der Waals surface area contributed by atoms with E-state index in [4.69, 9.17) is 0 Å². The van der Waals surface area contributed by atoms with Gasteiger partial charge in [0.25, 0.3) is 0 Å². The maximum absolute atomic E-state index is 10.7. The lowest BCUT2D eigenvalue weighted by atomic mass is 9.58. The molecular formula is C15H28O3. The zero-order chi connectivity index (χ0) is 13.8. The van der Waals surface area contributed by atoms with E-state index < -0.39 is 11.2 Å². The zero-order valence-electron chi connectivity index (χ0n) is 12.1. The Morgan fingerprint density at radius 1 is 1.17 bits per heavy atom. The molecule has 2 fully saturated rings. The van der Waals surface area contributed by atoms with Gasteiger partial charge in [-0.2, -0.15) is 0 Å². The second-order valence-electron chi connectivity index (χ2n) is 7.71. The van der Waals surface area contributed by atoms with Crippen LogP contribution in [0.3, 0.4) is 0 Å². The van der Waals surface area contributed by atoms with Crippen molar-refractivity contribution in [3.63, 3.8) is 0 Å². The van der Waals surface area contributed by atoms with Crippen LogP contribution in [0.25, 0.3) is 0 Å². The van der Waals surface area contributed by atoms with Crippen molar-refractivity contribution in [1.29, 1.82) is 0 Å². The molecule has 3 heteroatoms. The number of aliphatic hydroxyl groups excluding tert-OH is 1. The second kappa shape index (κ2) is 4.19. The summed E-state index contributed by atoms with van der Waals surface area (Å²) in [6, 6.07) is 0. The van der Waals surface area contributed by atoms with Crippen molar-refractivity contribution < 1.29 is 15.3 Å². The lowest BCUT2D eigenvalue weighted by Gasteiger charge is -2.51. The van der Waals surface area contributed by atoms with Crippen molar-refractivity contribution in [2.45, 2.75) is 77.1 Å². The Bertz CT molecular complexity index is 318. The van der Waals surface area contributed by atoms with Gasteiger partial charge in [0.2, 0.25) is 0 Å². The molecule has 0 aromatic heterocycles. The van der Waals surface area contributed by atoms with Crippen molar-refractivity contribution in [2.24, 2.45) is 17.3 Å². The number of rotatable bonds is 2. The Balaban J connectivity index is 2.27. The van der Waals surface area contributed by atoms with E-state index in [0.29, 0.717) is 25.2 Å². The summed E-state index contributed by atoms with van der Waals surface area (Å²) in [6.07, 6.45) is 3.70. The van der Waals surface area contributed by atoms with Crippen LogP contribution in [0.15, 0.2) is 0 Å². The highest BCUT2D eigenvalue weighted by atomic mass is 16.3. The number of hydrogen-bond donors (Lipinski definition) is 3. The molecule has 0 aromatic rings. The van der Waals surface area contributed by atoms with Gasteiger partial charge < -0.3 is 15.3 Å². The molecule has 2 rings (SSSR count). The van der Waals surface area contributed by atoms with Gasteiger partial charge in [0.05, 0.1) is 17.3 Å². The first kappa shape index (κ1) is 14.3. The van der Waals surface area contributed by atoms with Crippen LogP contribution in [0.1, 0.15) is 59.8 Å². The molecule has 0 spiro atoms. The molecule has 3 N–H and O–H groups in total. The predicted molar refractivity (Wildman–Crippen MR) is 71.1 cm³/mol. The molecule has 2 aliphatic rings. The van der Waals surface area contributed by atoms with Crippen LogP contribution >= 0.6 is 0 Å². The molecule has 2 aliphatic carbocycles. The largest absolute Gasteiger partial charge is 0.393 e. The van der Waals surface area contributed by atoms with E-state index in [-0.39, 0.29) is 17.4 Å². The highest BCUT2D eigenvalue weighted by Gasteiger charge is 2.59. The summed E-state index contributed by atoms with van der Waals surface area (Å²) >= 11 is 0. The third-order valence-corrected chi connectivity index (χ3v) is 5.35. The van der Waals surface area contributed by atoms with E-state index in [1.165, 1.54) is 0 Å². The maximum Gasteiger partial charge on any atom is 0.0657 e. The molecular weight excluding hydrogens is 228 g/mol. The van der Waals surface area contributed by atoms with Gasteiger partial charge in [0.1, 0.15) is 0 Å². The fourth-order valence-corrected chi connectivity index (χ4v) is 4.72. The molecule has 0 saturated heterocycles. The molecule has 2 saturated carbocycles. The number of aliphatic hydroxyl groups is 3. The Morgan fingerprint density at radius 3 is 2.33 bits per heavy atom. The maximum atomic E-state index is 10.7. The third kappa shape index (κ3) is 2.33. The van der Waals surface area contributed by atoms with Crippen LogP contribution in [-0.2, 0) is 0 Å². The minimum atomic E-state index is -0.708. The normalized spacial score (nSPS) is 49.2. The standard InChI is InChI=1S/C15H28O3/c1-13(2,17)9-10-5-7-14(3)11(16)6-8-15(4,18)12(10)14/h10-12,16-18H,5-9H2,1-4H3. The smallest absolute Gasteiger partial charge is 0.0657 e. The molecule has 0 aliphatic heterocycles. The van der Waals surface area contributed by atoms with Crippen LogP contribution in [0, 0.1) is 17.3 Å². The fourth-order valence-electron chi connectivity index (χ4n) is 4.72. The third-order valence-electron chi connectivity index (χ3n) is 5.35. The Kier molecular flexibility index (Phi) is 3.33. The lowest BCUT2D eigenvalue weighted by molar-refractivity contribution is -0.152. The van der Waals surface area contributed by atoms with Crippen molar-refractivity contribution in [3.8, 4) is 0 Å². The van der Waals surface area contributed by atoms with Gasteiger partial charge in [0.15, 0.2) is 0 Å². The lowest BCUT2D eigenvalue weighted by Crippen LogP contribution is -2.54. The summed E-state index contributed by atoms with van der Waals surface area (Å²) in [5, 5.41) is 31.1. The van der Waals surface area contributed by atoms with E-state index in [0.717, 1.165) is 12.8 Å². The summed E-state index contributed by atoms with van der Waals surface area (Å²) < 4.78 is 0. The zero-order valence-corrected chi connectivity index (χ0v) is 12.1. The minimum absolute atomic E-state index is 0.0974. The molecule has 0 heterocycles. The molecule has 18 heavy (non-hydrogen) atoms. The highest BCUT2D eigenvalue weighted by Crippen LogP contribution is 2.59. The van der Waals surface area contributed by atoms with Crippen LogP contribution in [0.5, 0.6) is 0 Å². The fraction of sp³-hybridized carbons (Fsp3) is 1.00. The van der Waals surface area contributed by atoms with E-state index in [1.807, 2.05) is 20.8 Å². The quantitative estimate of drug-likeness (QED) is 0.709. The summed E-state index contributed by atoms with van der Waals surface area (Å²) in [6.45, 7) is 7.68. The summed E-state index contributed by atoms with van der Waals surface area (Å²) in [5.74, 6) is 0.403. The van der Waals surface area contributed by atoms with E-state index >= 15 is 0 Å². The first-order valence-corrected chi connectivity index (χ1v) is 7.19. The molecule has 0 aromatic carbocycles. The molecule has 5 unspecified atom stereocenters. The van der Waals surface area contributed by atoms with Gasteiger partial charge in [-0.25, -0.2) is 0 Å². The van der Waals surface area contributed by atoms with Gasteiger partial charge in [-0.15, -0.1) is 0 Å². The van der Waals surface area contributed by atoms with Gasteiger partial charge >= 0.3 is 0 Å². The van der Waals surface area contributed by atoms with Gasteiger partial charge in [-0.3, -0.25) is 0 Å². The topological polar surface area (TPSA) is 60.7 Å². The first-order valence-electron chi connectivity index (χ1n) is 7.19. The molecule has 106 valence electrons. The Labute approximate surface area is 110 Å². The average Bonchev–Trinajstić information content (AvgIpc) is 2.51. The molecule has 0 bridgehead atoms. The predicted octanol–water partition coefficient (Wildman–Crippen LogP) is 2.09. The highest BCUT2D eigenvalue weighted by molar-refractivity contribution is 5.09. The minimum Gasteiger partial charge on any atom is -0.393 e. The molecule has 3 nitrogen and oxygen atoms in total. The molecule has 0 radical (unpaired) electrons. The van der Waals surface area contributed by atoms with Crippen molar-refractivity contribution in [2.75, 3.05) is 0 Å².